The van der Waals surface area contributed by atoms with E-state index in [2.05, 4.69) is 6.92 Å². The Morgan fingerprint density at radius 3 is 2.85 bits per heavy atom. The van der Waals surface area contributed by atoms with E-state index in [1.54, 1.807) is 0 Å². The first-order valence-corrected chi connectivity index (χ1v) is 5.15. The van der Waals surface area contributed by atoms with Crippen LogP contribution in [0.1, 0.15) is 39.0 Å². The topological polar surface area (TPSA) is 52.3 Å². The third-order valence-corrected chi connectivity index (χ3v) is 2.64. The number of carbonyl (C=O) groups is 1. The van der Waals surface area contributed by atoms with Crippen LogP contribution >= 0.6 is 0 Å². The molecule has 1 saturated carbocycles. The van der Waals surface area contributed by atoms with Crippen LogP contribution in [0.4, 0.5) is 0 Å². The molecule has 0 aliphatic heterocycles. The first kappa shape index (κ1) is 10.5. The third-order valence-electron chi connectivity index (χ3n) is 2.64. The Balaban J connectivity index is 2.14. The maximum Gasteiger partial charge on any atom is 0.220 e. The molecule has 0 aromatic heterocycles. The van der Waals surface area contributed by atoms with Gasteiger partial charge in [0.05, 0.1) is 6.10 Å². The molecule has 1 amide bonds. The highest BCUT2D eigenvalue weighted by Crippen LogP contribution is 2.27. The van der Waals surface area contributed by atoms with E-state index in [9.17, 15) is 4.79 Å². The molecule has 0 aromatic carbocycles. The van der Waals surface area contributed by atoms with Crippen molar-refractivity contribution in [3.63, 3.8) is 0 Å². The van der Waals surface area contributed by atoms with Gasteiger partial charge in [-0.2, -0.15) is 0 Å². The standard InChI is InChI=1S/C10H19NO2/c1-2-3-6-13-9-5-4-8(7-9)10(11)12/h8-9H,2-7H2,1H3,(H2,11,12). The fourth-order valence-corrected chi connectivity index (χ4v) is 1.74. The summed E-state index contributed by atoms with van der Waals surface area (Å²) in [6.45, 7) is 2.97. The highest BCUT2D eigenvalue weighted by molar-refractivity contribution is 5.76. The number of ether oxygens (including phenoxy) is 1. The molecule has 1 aliphatic rings. The molecule has 2 unspecified atom stereocenters. The van der Waals surface area contributed by atoms with Gasteiger partial charge in [-0.15, -0.1) is 0 Å². The number of rotatable bonds is 5. The highest BCUT2D eigenvalue weighted by atomic mass is 16.5. The second kappa shape index (κ2) is 5.22. The summed E-state index contributed by atoms with van der Waals surface area (Å²) >= 11 is 0. The molecule has 1 aliphatic carbocycles. The lowest BCUT2D eigenvalue weighted by atomic mass is 10.1. The van der Waals surface area contributed by atoms with Gasteiger partial charge in [-0.3, -0.25) is 4.79 Å². The van der Waals surface area contributed by atoms with Gasteiger partial charge < -0.3 is 10.5 Å². The third kappa shape index (κ3) is 3.35. The number of unbranched alkanes of at least 4 members (excludes halogenated alkanes) is 1. The molecule has 0 spiro atoms. The maximum absolute atomic E-state index is 10.8. The fourth-order valence-electron chi connectivity index (χ4n) is 1.74. The van der Waals surface area contributed by atoms with Crippen LogP contribution < -0.4 is 5.73 Å². The van der Waals surface area contributed by atoms with Crippen molar-refractivity contribution in [1.82, 2.24) is 0 Å². The molecule has 1 fully saturated rings. The summed E-state index contributed by atoms with van der Waals surface area (Å²) in [7, 11) is 0. The Morgan fingerprint density at radius 1 is 1.54 bits per heavy atom. The van der Waals surface area contributed by atoms with E-state index < -0.39 is 0 Å². The monoisotopic (exact) mass is 185 g/mol. The van der Waals surface area contributed by atoms with Gasteiger partial charge in [0.2, 0.25) is 5.91 Å². The van der Waals surface area contributed by atoms with Gasteiger partial charge in [-0.05, 0) is 25.7 Å². The number of nitrogens with two attached hydrogens (primary N) is 1. The summed E-state index contributed by atoms with van der Waals surface area (Å²) in [4.78, 5) is 10.8. The van der Waals surface area contributed by atoms with Crippen molar-refractivity contribution >= 4 is 5.91 Å². The summed E-state index contributed by atoms with van der Waals surface area (Å²) < 4.78 is 5.62. The highest BCUT2D eigenvalue weighted by Gasteiger charge is 2.28. The van der Waals surface area contributed by atoms with Crippen molar-refractivity contribution in [2.45, 2.75) is 45.1 Å². The van der Waals surface area contributed by atoms with Crippen LogP contribution in [0.3, 0.4) is 0 Å². The van der Waals surface area contributed by atoms with Crippen molar-refractivity contribution in [1.29, 1.82) is 0 Å². The summed E-state index contributed by atoms with van der Waals surface area (Å²) in [5.41, 5.74) is 5.22. The SMILES string of the molecule is CCCCOC1CCC(C(N)=O)C1. The Bertz CT molecular complexity index is 170. The van der Waals surface area contributed by atoms with E-state index in [4.69, 9.17) is 10.5 Å². The molecule has 3 heteroatoms. The molecule has 0 aromatic rings. The summed E-state index contributed by atoms with van der Waals surface area (Å²) in [5, 5.41) is 0. The van der Waals surface area contributed by atoms with Crippen LogP contribution in [0.5, 0.6) is 0 Å². The van der Waals surface area contributed by atoms with Crippen LogP contribution in [0, 0.1) is 5.92 Å². The molecule has 2 atom stereocenters. The first-order valence-electron chi connectivity index (χ1n) is 5.15. The lowest BCUT2D eigenvalue weighted by Gasteiger charge is -2.10. The lowest BCUT2D eigenvalue weighted by Crippen LogP contribution is -2.21. The molecular formula is C10H19NO2. The second-order valence-electron chi connectivity index (χ2n) is 3.76. The van der Waals surface area contributed by atoms with E-state index in [1.165, 1.54) is 0 Å². The predicted octanol–water partition coefficient (Wildman–Crippen LogP) is 1.46. The van der Waals surface area contributed by atoms with Crippen LogP contribution in [-0.4, -0.2) is 18.6 Å². The van der Waals surface area contributed by atoms with Crippen LogP contribution in [0.2, 0.25) is 0 Å². The molecule has 3 nitrogen and oxygen atoms in total. The van der Waals surface area contributed by atoms with Crippen molar-refractivity contribution < 1.29 is 9.53 Å². The average Bonchev–Trinajstić information content (AvgIpc) is 2.53. The van der Waals surface area contributed by atoms with E-state index >= 15 is 0 Å². The van der Waals surface area contributed by atoms with Gasteiger partial charge >= 0.3 is 0 Å². The number of carbonyl (C=O) groups excluding carboxylic acids is 1. The predicted molar refractivity (Wildman–Crippen MR) is 51.2 cm³/mol. The Kier molecular flexibility index (Phi) is 4.22. The largest absolute Gasteiger partial charge is 0.378 e. The molecule has 0 saturated heterocycles. The van der Waals surface area contributed by atoms with Crippen molar-refractivity contribution in [3.8, 4) is 0 Å². The van der Waals surface area contributed by atoms with Crippen molar-refractivity contribution in [3.05, 3.63) is 0 Å². The van der Waals surface area contributed by atoms with Gasteiger partial charge in [0, 0.05) is 12.5 Å². The molecule has 0 heterocycles. The van der Waals surface area contributed by atoms with Gasteiger partial charge in [-0.1, -0.05) is 13.3 Å². The minimum atomic E-state index is -0.165. The zero-order valence-corrected chi connectivity index (χ0v) is 8.29. The average molecular weight is 185 g/mol. The number of primary amides is 1. The quantitative estimate of drug-likeness (QED) is 0.659. The Morgan fingerprint density at radius 2 is 2.31 bits per heavy atom. The van der Waals surface area contributed by atoms with E-state index in [1.807, 2.05) is 0 Å². The second-order valence-corrected chi connectivity index (χ2v) is 3.76. The Hall–Kier alpha value is -0.570. The van der Waals surface area contributed by atoms with Crippen LogP contribution in [0.15, 0.2) is 0 Å². The maximum atomic E-state index is 10.8. The summed E-state index contributed by atoms with van der Waals surface area (Å²) in [6.07, 6.45) is 5.29. The minimum absolute atomic E-state index is 0.0617. The van der Waals surface area contributed by atoms with Gasteiger partial charge in [0.1, 0.15) is 0 Å². The zero-order chi connectivity index (χ0) is 9.68. The normalized spacial score (nSPS) is 27.8. The molecular weight excluding hydrogens is 166 g/mol. The molecule has 0 bridgehead atoms. The number of amides is 1. The summed E-state index contributed by atoms with van der Waals surface area (Å²) in [5.74, 6) is -0.104. The number of hydrogen-bond donors (Lipinski definition) is 1. The lowest BCUT2D eigenvalue weighted by molar-refractivity contribution is -0.121. The van der Waals surface area contributed by atoms with Gasteiger partial charge in [0.25, 0.3) is 0 Å². The molecule has 13 heavy (non-hydrogen) atoms. The van der Waals surface area contributed by atoms with Crippen molar-refractivity contribution in [2.75, 3.05) is 6.61 Å². The zero-order valence-electron chi connectivity index (χ0n) is 8.29. The van der Waals surface area contributed by atoms with Gasteiger partial charge in [-0.25, -0.2) is 0 Å². The molecule has 2 N–H and O–H groups in total. The minimum Gasteiger partial charge on any atom is -0.378 e. The van der Waals surface area contributed by atoms with Crippen LogP contribution in [0.25, 0.3) is 0 Å². The number of hydrogen-bond acceptors (Lipinski definition) is 2. The van der Waals surface area contributed by atoms with E-state index in [-0.39, 0.29) is 17.9 Å². The molecule has 0 radical (unpaired) electrons. The molecule has 1 rings (SSSR count). The van der Waals surface area contributed by atoms with E-state index in [0.717, 1.165) is 38.7 Å². The molecule has 76 valence electrons. The van der Waals surface area contributed by atoms with E-state index in [0.29, 0.717) is 0 Å². The summed E-state index contributed by atoms with van der Waals surface area (Å²) in [6, 6.07) is 0. The van der Waals surface area contributed by atoms with Crippen molar-refractivity contribution in [2.24, 2.45) is 11.7 Å². The Labute approximate surface area is 79.6 Å². The first-order chi connectivity index (χ1) is 6.24. The van der Waals surface area contributed by atoms with Gasteiger partial charge in [0.15, 0.2) is 0 Å². The van der Waals surface area contributed by atoms with Crippen LogP contribution in [-0.2, 0) is 9.53 Å². The smallest absolute Gasteiger partial charge is 0.220 e. The fraction of sp³-hybridized carbons (Fsp3) is 0.900.